The molecule has 5 atom stereocenters. The lowest BCUT2D eigenvalue weighted by atomic mass is 10.1. The molecule has 1 heterocycles. The minimum atomic E-state index is -4.43. The fourth-order valence-electron chi connectivity index (χ4n) is 3.34. The van der Waals surface area contributed by atoms with Crippen molar-refractivity contribution in [1.82, 2.24) is 9.55 Å². The molecule has 1 fully saturated rings. The van der Waals surface area contributed by atoms with Crippen molar-refractivity contribution in [2.24, 2.45) is 5.92 Å². The molecule has 11 nitrogen and oxygen atoms in total. The van der Waals surface area contributed by atoms with Crippen LogP contribution in [0.4, 0.5) is 0 Å². The largest absolute Gasteiger partial charge is 0.378 e. The maximum atomic E-state index is 12.3. The van der Waals surface area contributed by atoms with Gasteiger partial charge in [-0.3, -0.25) is 18.9 Å². The average molecular weight is 484 g/mol. The summed E-state index contributed by atoms with van der Waals surface area (Å²) in [6.45, 7) is 1.27. The van der Waals surface area contributed by atoms with E-state index in [9.17, 15) is 19.0 Å². The van der Waals surface area contributed by atoms with E-state index in [0.29, 0.717) is 0 Å². The van der Waals surface area contributed by atoms with Crippen LogP contribution in [0.3, 0.4) is 0 Å². The molecule has 1 aromatic rings. The molecule has 0 radical (unpaired) electrons. The van der Waals surface area contributed by atoms with E-state index in [4.69, 9.17) is 35.4 Å². The summed E-state index contributed by atoms with van der Waals surface area (Å²) in [6.07, 6.45) is 0.914. The maximum Gasteiger partial charge on any atom is 0.348 e. The Balaban J connectivity index is 2.48. The van der Waals surface area contributed by atoms with Gasteiger partial charge in [0.15, 0.2) is 0 Å². The van der Waals surface area contributed by atoms with Crippen LogP contribution < -0.4 is 11.2 Å². The quantitative estimate of drug-likeness (QED) is 0.414. The molecule has 4 N–H and O–H groups in total. The third kappa shape index (κ3) is 7.05. The summed E-state index contributed by atoms with van der Waals surface area (Å²) < 4.78 is 29.2. The first-order valence-corrected chi connectivity index (χ1v) is 13.2. The van der Waals surface area contributed by atoms with E-state index in [2.05, 4.69) is 4.98 Å². The predicted octanol–water partition coefficient (Wildman–Crippen LogP) is 1.22. The Hall–Kier alpha value is -0.940. The highest BCUT2D eigenvalue weighted by molar-refractivity contribution is 8.07. The third-order valence-corrected chi connectivity index (χ3v) is 6.62. The van der Waals surface area contributed by atoms with Crippen LogP contribution in [0.2, 0.25) is 0 Å². The topological polar surface area (TPSA) is 160 Å². The zero-order chi connectivity index (χ0) is 22.9. The second kappa shape index (κ2) is 9.28. The molecule has 170 valence electrons. The fourth-order valence-corrected chi connectivity index (χ4v) is 6.06. The Morgan fingerprint density at radius 2 is 1.90 bits per heavy atom. The number of H-pyrrole nitrogens is 1. The first kappa shape index (κ1) is 25.3. The van der Waals surface area contributed by atoms with Crippen molar-refractivity contribution in [1.29, 1.82) is 0 Å². The van der Waals surface area contributed by atoms with Gasteiger partial charge in [-0.2, -0.15) is 0 Å². The van der Waals surface area contributed by atoms with E-state index in [1.807, 2.05) is 0 Å². The molecule has 30 heavy (non-hydrogen) atoms. The molecule has 1 unspecified atom stereocenters. The van der Waals surface area contributed by atoms with E-state index < -0.39 is 55.3 Å². The monoisotopic (exact) mass is 484 g/mol. The van der Waals surface area contributed by atoms with Gasteiger partial charge in [-0.25, -0.2) is 4.79 Å². The van der Waals surface area contributed by atoms with Crippen LogP contribution in [0.5, 0.6) is 0 Å². The number of nitrogens with zero attached hydrogens (tertiary/aromatic N) is 1. The van der Waals surface area contributed by atoms with E-state index in [-0.39, 0.29) is 6.42 Å². The van der Waals surface area contributed by atoms with Gasteiger partial charge in [0.2, 0.25) is 0 Å². The average Bonchev–Trinajstić information content (AvgIpc) is 2.86. The molecule has 14 heteroatoms. The standard InChI is InChI=1S/C16H26N2O9P2S/c1-16(2,3)27-29(24,30)26-14-11(18-7-5-12(19)17-15(18)20)9-10(13(14)25-4)6-8-28(21,22)23/h5-8,10-11,13-14H,9H2,1-4H3,(H,24,30)(H,17,19,20)(H2,21,22,23)/b8-6+/t10-,11+,13+,14-,29?/m0/s1. The molecule has 2 rings (SSSR count). The Morgan fingerprint density at radius 1 is 1.27 bits per heavy atom. The van der Waals surface area contributed by atoms with Crippen LogP contribution in [0.25, 0.3) is 0 Å². The van der Waals surface area contributed by atoms with Gasteiger partial charge in [0.05, 0.1) is 17.7 Å². The van der Waals surface area contributed by atoms with Crippen molar-refractivity contribution in [3.63, 3.8) is 0 Å². The molecule has 1 aromatic heterocycles. The first-order chi connectivity index (χ1) is 13.6. The van der Waals surface area contributed by atoms with Gasteiger partial charge in [-0.05, 0) is 39.0 Å². The molecule has 1 aliphatic carbocycles. The highest BCUT2D eigenvalue weighted by atomic mass is 32.5. The second-order valence-electron chi connectivity index (χ2n) is 7.86. The molecule has 0 aliphatic heterocycles. The van der Waals surface area contributed by atoms with Crippen LogP contribution >= 0.6 is 14.3 Å². The lowest BCUT2D eigenvalue weighted by Gasteiger charge is -2.32. The number of rotatable bonds is 7. The van der Waals surface area contributed by atoms with Crippen LogP contribution in [0.1, 0.15) is 33.2 Å². The number of aromatic nitrogens is 2. The molecule has 0 saturated heterocycles. The van der Waals surface area contributed by atoms with Gasteiger partial charge >= 0.3 is 20.0 Å². The normalized spacial score (nSPS) is 27.4. The van der Waals surface area contributed by atoms with Crippen molar-refractivity contribution in [3.8, 4) is 0 Å². The maximum absolute atomic E-state index is 12.3. The summed E-state index contributed by atoms with van der Waals surface area (Å²) in [5.41, 5.74) is -2.11. The number of hydrogen-bond acceptors (Lipinski definition) is 7. The van der Waals surface area contributed by atoms with Crippen LogP contribution in [0, 0.1) is 5.92 Å². The van der Waals surface area contributed by atoms with Crippen LogP contribution in [0.15, 0.2) is 33.7 Å². The lowest BCUT2D eigenvalue weighted by Crippen LogP contribution is -2.39. The minimum Gasteiger partial charge on any atom is -0.378 e. The number of aromatic amines is 1. The predicted molar refractivity (Wildman–Crippen MR) is 113 cm³/mol. The molecule has 0 amide bonds. The summed E-state index contributed by atoms with van der Waals surface area (Å²) in [6, 6.07) is 0.392. The molecule has 0 bridgehead atoms. The van der Waals surface area contributed by atoms with Crippen molar-refractivity contribution in [2.45, 2.75) is 51.0 Å². The number of methoxy groups -OCH3 is 1. The highest BCUT2D eigenvalue weighted by Gasteiger charge is 2.47. The molecular weight excluding hydrogens is 458 g/mol. The lowest BCUT2D eigenvalue weighted by molar-refractivity contribution is -0.0211. The highest BCUT2D eigenvalue weighted by Crippen LogP contribution is 2.53. The molecule has 1 aliphatic rings. The Labute approximate surface area is 178 Å². The smallest absolute Gasteiger partial charge is 0.348 e. The summed E-state index contributed by atoms with van der Waals surface area (Å²) >= 11 is 5.13. The van der Waals surface area contributed by atoms with Gasteiger partial charge in [-0.15, -0.1) is 0 Å². The summed E-state index contributed by atoms with van der Waals surface area (Å²) in [5.74, 6) is 0.167. The summed E-state index contributed by atoms with van der Waals surface area (Å²) in [5, 5.41) is 0. The van der Waals surface area contributed by atoms with Gasteiger partial charge in [0.25, 0.3) is 5.56 Å². The van der Waals surface area contributed by atoms with Crippen molar-refractivity contribution in [2.75, 3.05) is 7.11 Å². The van der Waals surface area contributed by atoms with E-state index in [1.54, 1.807) is 20.8 Å². The van der Waals surface area contributed by atoms with E-state index in [1.165, 1.54) is 23.9 Å². The van der Waals surface area contributed by atoms with Gasteiger partial charge < -0.3 is 28.5 Å². The van der Waals surface area contributed by atoms with Crippen LogP contribution in [-0.4, -0.2) is 49.2 Å². The number of nitrogens with one attached hydrogen (secondary N) is 1. The third-order valence-electron chi connectivity index (χ3n) is 4.29. The van der Waals surface area contributed by atoms with E-state index in [0.717, 1.165) is 11.9 Å². The second-order valence-corrected chi connectivity index (χ2v) is 12.0. The van der Waals surface area contributed by atoms with Crippen molar-refractivity contribution < 1.29 is 33.0 Å². The first-order valence-electron chi connectivity index (χ1n) is 8.93. The Bertz CT molecular complexity index is 993. The minimum absolute atomic E-state index is 0.163. The molecule has 1 saturated carbocycles. The number of hydrogen-bond donors (Lipinski definition) is 4. The Kier molecular flexibility index (Phi) is 7.83. The van der Waals surface area contributed by atoms with E-state index >= 15 is 0 Å². The number of ether oxygens (including phenoxy) is 1. The molecule has 0 spiro atoms. The van der Waals surface area contributed by atoms with Gasteiger partial charge in [-0.1, -0.05) is 6.08 Å². The van der Waals surface area contributed by atoms with Gasteiger partial charge in [0.1, 0.15) is 6.10 Å². The van der Waals surface area contributed by atoms with Crippen LogP contribution in [-0.2, 0) is 30.2 Å². The zero-order valence-corrected chi connectivity index (χ0v) is 19.5. The summed E-state index contributed by atoms with van der Waals surface area (Å²) in [4.78, 5) is 54.8. The molecular formula is C16H26N2O9P2S. The van der Waals surface area contributed by atoms with Crippen molar-refractivity contribution >= 4 is 26.1 Å². The zero-order valence-electron chi connectivity index (χ0n) is 16.9. The SMILES string of the molecule is CO[C@H]1[C@@H](OP(O)(=S)OC(C)(C)C)[C@H](n2ccc(=O)[nH]c2=O)C[C@@H]1/C=C/P(=O)(O)O. The van der Waals surface area contributed by atoms with Gasteiger partial charge in [0, 0.05) is 31.1 Å². The molecule has 0 aromatic carbocycles. The van der Waals surface area contributed by atoms with Crippen molar-refractivity contribution in [3.05, 3.63) is 45.0 Å². The summed E-state index contributed by atoms with van der Waals surface area (Å²) in [7, 11) is -3.07. The Morgan fingerprint density at radius 3 is 2.40 bits per heavy atom. The fraction of sp³-hybridized carbons (Fsp3) is 0.625.